The van der Waals surface area contributed by atoms with E-state index in [4.69, 9.17) is 4.74 Å². The number of carbonyl (C=O) groups excluding carboxylic acids is 1. The number of fused-ring (bicyclic) bond motifs is 1. The van der Waals surface area contributed by atoms with Crippen LogP contribution in [0.25, 0.3) is 22.6 Å². The number of hydrogen-bond donors (Lipinski definition) is 1. The number of aromatic amines is 1. The number of anilines is 1. The molecular formula is C27H29FN6O4. The maximum Gasteiger partial charge on any atom is 0.332 e. The SMILES string of the molecule is CCCn1c(=O)c2[nH]c(-c3ccc(OCC4CC(=O)N(c5cccc(F)c5)C4)nc3)nc2n(CCC)c1=O. The Morgan fingerprint density at radius 2 is 1.87 bits per heavy atom. The molecule has 4 aromatic rings. The van der Waals surface area contributed by atoms with E-state index in [0.717, 1.165) is 6.42 Å². The average molecular weight is 521 g/mol. The summed E-state index contributed by atoms with van der Waals surface area (Å²) in [5.41, 5.74) is 1.06. The van der Waals surface area contributed by atoms with Crippen molar-refractivity contribution in [2.24, 2.45) is 5.92 Å². The predicted molar refractivity (Wildman–Crippen MR) is 141 cm³/mol. The van der Waals surface area contributed by atoms with Gasteiger partial charge in [0.05, 0.1) is 6.61 Å². The third kappa shape index (κ3) is 4.83. The van der Waals surface area contributed by atoms with Gasteiger partial charge < -0.3 is 14.6 Å². The molecule has 1 aliphatic heterocycles. The molecule has 38 heavy (non-hydrogen) atoms. The smallest absolute Gasteiger partial charge is 0.332 e. The Morgan fingerprint density at radius 3 is 2.58 bits per heavy atom. The summed E-state index contributed by atoms with van der Waals surface area (Å²) in [6.45, 7) is 5.40. The van der Waals surface area contributed by atoms with Crippen molar-refractivity contribution in [2.75, 3.05) is 18.1 Å². The number of hydrogen-bond acceptors (Lipinski definition) is 6. The minimum atomic E-state index is -0.385. The van der Waals surface area contributed by atoms with Crippen LogP contribution in [0, 0.1) is 11.7 Å². The highest BCUT2D eigenvalue weighted by molar-refractivity contribution is 5.95. The van der Waals surface area contributed by atoms with Crippen molar-refractivity contribution >= 4 is 22.8 Å². The zero-order chi connectivity index (χ0) is 26.8. The number of amides is 1. The van der Waals surface area contributed by atoms with E-state index in [-0.39, 0.29) is 41.0 Å². The summed E-state index contributed by atoms with van der Waals surface area (Å²) in [6, 6.07) is 9.45. The molecule has 1 aliphatic rings. The van der Waals surface area contributed by atoms with Gasteiger partial charge in [-0.25, -0.2) is 19.2 Å². The van der Waals surface area contributed by atoms with E-state index in [9.17, 15) is 18.8 Å². The molecule has 1 fully saturated rings. The molecule has 11 heteroatoms. The molecular weight excluding hydrogens is 491 g/mol. The number of aromatic nitrogens is 5. The van der Waals surface area contributed by atoms with Gasteiger partial charge in [0.25, 0.3) is 5.56 Å². The number of carbonyl (C=O) groups is 1. The molecule has 5 rings (SSSR count). The van der Waals surface area contributed by atoms with Crippen LogP contribution in [-0.4, -0.2) is 43.1 Å². The van der Waals surface area contributed by atoms with Crippen LogP contribution in [0.3, 0.4) is 0 Å². The second kappa shape index (κ2) is 10.6. The maximum atomic E-state index is 13.6. The summed E-state index contributed by atoms with van der Waals surface area (Å²) in [4.78, 5) is 51.8. The van der Waals surface area contributed by atoms with Gasteiger partial charge in [-0.15, -0.1) is 0 Å². The van der Waals surface area contributed by atoms with Gasteiger partial charge in [-0.05, 0) is 37.1 Å². The molecule has 1 aromatic carbocycles. The molecule has 198 valence electrons. The number of ether oxygens (including phenoxy) is 1. The van der Waals surface area contributed by atoms with Gasteiger partial charge in [0, 0.05) is 55.5 Å². The first-order valence-corrected chi connectivity index (χ1v) is 12.8. The number of pyridine rings is 1. The number of nitrogens with zero attached hydrogens (tertiary/aromatic N) is 5. The van der Waals surface area contributed by atoms with Crippen LogP contribution in [0.4, 0.5) is 10.1 Å². The predicted octanol–water partition coefficient (Wildman–Crippen LogP) is 3.34. The summed E-state index contributed by atoms with van der Waals surface area (Å²) < 4.78 is 22.2. The summed E-state index contributed by atoms with van der Waals surface area (Å²) in [5.74, 6) is 0.306. The van der Waals surface area contributed by atoms with Crippen LogP contribution in [0.15, 0.2) is 52.2 Å². The summed E-state index contributed by atoms with van der Waals surface area (Å²) in [5, 5.41) is 0. The number of nitrogens with one attached hydrogen (secondary N) is 1. The van der Waals surface area contributed by atoms with Crippen molar-refractivity contribution in [1.82, 2.24) is 24.1 Å². The normalized spacial score (nSPS) is 15.5. The maximum absolute atomic E-state index is 13.6. The largest absolute Gasteiger partial charge is 0.477 e. The Kier molecular flexibility index (Phi) is 7.08. The molecule has 0 aliphatic carbocycles. The minimum absolute atomic E-state index is 0.0526. The number of imidazole rings is 1. The number of H-pyrrole nitrogens is 1. The summed E-state index contributed by atoms with van der Waals surface area (Å²) >= 11 is 0. The van der Waals surface area contributed by atoms with Gasteiger partial charge in [-0.2, -0.15) is 0 Å². The first kappa shape index (κ1) is 25.4. The molecule has 1 atom stereocenters. The Bertz CT molecular complexity index is 1590. The lowest BCUT2D eigenvalue weighted by Crippen LogP contribution is -2.40. The highest BCUT2D eigenvalue weighted by Gasteiger charge is 2.31. The topological polar surface area (TPSA) is 115 Å². The number of benzene rings is 1. The van der Waals surface area contributed by atoms with Crippen LogP contribution in [0.1, 0.15) is 33.1 Å². The lowest BCUT2D eigenvalue weighted by Gasteiger charge is -2.17. The fourth-order valence-electron chi connectivity index (χ4n) is 4.75. The molecule has 1 unspecified atom stereocenters. The van der Waals surface area contributed by atoms with E-state index in [2.05, 4.69) is 15.0 Å². The molecule has 0 saturated carbocycles. The van der Waals surface area contributed by atoms with Crippen molar-refractivity contribution in [3.05, 3.63) is 69.3 Å². The van der Waals surface area contributed by atoms with Crippen LogP contribution in [0.5, 0.6) is 5.88 Å². The summed E-state index contributed by atoms with van der Waals surface area (Å²) in [7, 11) is 0. The van der Waals surface area contributed by atoms with Gasteiger partial charge in [0.2, 0.25) is 11.8 Å². The lowest BCUT2D eigenvalue weighted by atomic mass is 10.1. The van der Waals surface area contributed by atoms with Crippen LogP contribution in [0.2, 0.25) is 0 Å². The van der Waals surface area contributed by atoms with Gasteiger partial charge in [-0.3, -0.25) is 18.7 Å². The third-order valence-corrected chi connectivity index (χ3v) is 6.56. The monoisotopic (exact) mass is 520 g/mol. The van der Waals surface area contributed by atoms with E-state index in [0.29, 0.717) is 61.1 Å². The standard InChI is InChI=1S/C27H29FN6O4/c1-3-10-32-25-23(26(36)33(11-4-2)27(32)37)30-24(31-25)18-8-9-21(29-14-18)38-16-17-12-22(35)34(15-17)20-7-5-6-19(28)13-20/h5-9,13-14,17H,3-4,10-12,15-16H2,1-2H3,(H,30,31). The molecule has 1 saturated heterocycles. The third-order valence-electron chi connectivity index (χ3n) is 6.56. The number of rotatable bonds is 9. The van der Waals surface area contributed by atoms with E-state index in [1.54, 1.807) is 35.4 Å². The molecule has 1 amide bonds. The Balaban J connectivity index is 1.31. The second-order valence-electron chi connectivity index (χ2n) is 9.43. The zero-order valence-corrected chi connectivity index (χ0v) is 21.3. The second-order valence-corrected chi connectivity index (χ2v) is 9.43. The highest BCUT2D eigenvalue weighted by atomic mass is 19.1. The molecule has 0 bridgehead atoms. The molecule has 4 heterocycles. The van der Waals surface area contributed by atoms with Crippen molar-refractivity contribution < 1.29 is 13.9 Å². The fourth-order valence-corrected chi connectivity index (χ4v) is 4.75. The highest BCUT2D eigenvalue weighted by Crippen LogP contribution is 2.26. The van der Waals surface area contributed by atoms with E-state index < -0.39 is 0 Å². The van der Waals surface area contributed by atoms with Crippen molar-refractivity contribution in [2.45, 2.75) is 46.2 Å². The Labute approximate surface area is 217 Å². The Morgan fingerprint density at radius 1 is 1.08 bits per heavy atom. The first-order chi connectivity index (χ1) is 18.4. The van der Waals surface area contributed by atoms with Gasteiger partial charge in [-0.1, -0.05) is 19.9 Å². The van der Waals surface area contributed by atoms with Crippen molar-refractivity contribution in [1.29, 1.82) is 0 Å². The average Bonchev–Trinajstić information content (AvgIpc) is 3.52. The molecule has 0 radical (unpaired) electrons. The summed E-state index contributed by atoms with van der Waals surface area (Å²) in [6.07, 6.45) is 3.28. The lowest BCUT2D eigenvalue weighted by molar-refractivity contribution is -0.117. The van der Waals surface area contributed by atoms with Crippen LogP contribution in [-0.2, 0) is 17.9 Å². The van der Waals surface area contributed by atoms with Gasteiger partial charge >= 0.3 is 5.69 Å². The van der Waals surface area contributed by atoms with Gasteiger partial charge in [0.15, 0.2) is 5.65 Å². The van der Waals surface area contributed by atoms with E-state index in [1.165, 1.54) is 21.3 Å². The van der Waals surface area contributed by atoms with E-state index >= 15 is 0 Å². The minimum Gasteiger partial charge on any atom is -0.477 e. The number of aryl methyl sites for hydroxylation is 1. The van der Waals surface area contributed by atoms with Crippen LogP contribution < -0.4 is 20.9 Å². The number of halogens is 1. The molecule has 10 nitrogen and oxygen atoms in total. The van der Waals surface area contributed by atoms with Crippen LogP contribution >= 0.6 is 0 Å². The van der Waals surface area contributed by atoms with Crippen molar-refractivity contribution in [3.63, 3.8) is 0 Å². The fraction of sp³-hybridized carbons (Fsp3) is 0.370. The Hall–Kier alpha value is -4.28. The molecule has 0 spiro atoms. The zero-order valence-electron chi connectivity index (χ0n) is 21.3. The van der Waals surface area contributed by atoms with E-state index in [1.807, 2.05) is 13.8 Å². The molecule has 1 N–H and O–H groups in total. The first-order valence-electron chi connectivity index (χ1n) is 12.8. The van der Waals surface area contributed by atoms with Gasteiger partial charge in [0.1, 0.15) is 17.2 Å². The quantitative estimate of drug-likeness (QED) is 0.362. The van der Waals surface area contributed by atoms with Crippen molar-refractivity contribution in [3.8, 4) is 17.3 Å². The molecule has 3 aromatic heterocycles.